The molecule has 1 aromatic carbocycles. The van der Waals surface area contributed by atoms with Gasteiger partial charge in [0.1, 0.15) is 11.8 Å². The van der Waals surface area contributed by atoms with Crippen LogP contribution in [0.2, 0.25) is 0 Å². The van der Waals surface area contributed by atoms with Crippen molar-refractivity contribution in [1.82, 2.24) is 4.90 Å². The molecule has 0 radical (unpaired) electrons. The summed E-state index contributed by atoms with van der Waals surface area (Å²) in [6, 6.07) is 4.19. The lowest BCUT2D eigenvalue weighted by Gasteiger charge is -2.32. The molecule has 1 aliphatic rings. The van der Waals surface area contributed by atoms with E-state index >= 15 is 0 Å². The molecule has 1 unspecified atom stereocenters. The van der Waals surface area contributed by atoms with Crippen LogP contribution in [0.4, 0.5) is 13.2 Å². The molecule has 1 N–H and O–H groups in total. The lowest BCUT2D eigenvalue weighted by molar-refractivity contribution is -0.274. The first-order valence-corrected chi connectivity index (χ1v) is 6.69. The summed E-state index contributed by atoms with van der Waals surface area (Å²) in [5, 5.41) is 9.38. The zero-order chi connectivity index (χ0) is 15.5. The van der Waals surface area contributed by atoms with Gasteiger partial charge >= 0.3 is 12.3 Å². The molecule has 2 rings (SSSR count). The van der Waals surface area contributed by atoms with Gasteiger partial charge in [-0.1, -0.05) is 18.6 Å². The summed E-state index contributed by atoms with van der Waals surface area (Å²) < 4.78 is 40.1. The van der Waals surface area contributed by atoms with Gasteiger partial charge < -0.3 is 9.84 Å². The molecule has 0 aliphatic carbocycles. The summed E-state index contributed by atoms with van der Waals surface area (Å²) in [6.07, 6.45) is -1.82. The van der Waals surface area contributed by atoms with E-state index < -0.39 is 18.4 Å². The topological polar surface area (TPSA) is 49.8 Å². The van der Waals surface area contributed by atoms with Crippen LogP contribution in [0.5, 0.6) is 5.75 Å². The Labute approximate surface area is 120 Å². The van der Waals surface area contributed by atoms with Crippen molar-refractivity contribution in [2.24, 2.45) is 0 Å². The van der Waals surface area contributed by atoms with Crippen LogP contribution in [0.3, 0.4) is 0 Å². The minimum atomic E-state index is -4.75. The van der Waals surface area contributed by atoms with Gasteiger partial charge in [-0.15, -0.1) is 13.2 Å². The molecule has 1 saturated heterocycles. The Kier molecular flexibility index (Phi) is 4.72. The van der Waals surface area contributed by atoms with Crippen LogP contribution in [-0.2, 0) is 4.79 Å². The number of alkyl halides is 3. The van der Waals surface area contributed by atoms with Gasteiger partial charge in [-0.25, -0.2) is 0 Å². The summed E-state index contributed by atoms with van der Waals surface area (Å²) in [6.45, 7) is 1.36. The summed E-state index contributed by atoms with van der Waals surface area (Å²) in [5.74, 6) is -1.35. The second-order valence-corrected chi connectivity index (χ2v) is 4.95. The third kappa shape index (κ3) is 4.35. The number of piperidine rings is 1. The predicted molar refractivity (Wildman–Crippen MR) is 68.9 cm³/mol. The van der Waals surface area contributed by atoms with Crippen LogP contribution in [0.15, 0.2) is 24.3 Å². The summed E-state index contributed by atoms with van der Waals surface area (Å²) >= 11 is 0. The van der Waals surface area contributed by atoms with Crippen LogP contribution >= 0.6 is 0 Å². The fourth-order valence-electron chi connectivity index (χ4n) is 2.54. The molecule has 0 bridgehead atoms. The van der Waals surface area contributed by atoms with Crippen molar-refractivity contribution >= 4 is 5.97 Å². The van der Waals surface area contributed by atoms with Crippen molar-refractivity contribution in [3.63, 3.8) is 0 Å². The number of hydrogen-bond acceptors (Lipinski definition) is 3. The third-order valence-electron chi connectivity index (χ3n) is 3.42. The second-order valence-electron chi connectivity index (χ2n) is 4.95. The Morgan fingerprint density at radius 3 is 2.19 bits per heavy atom. The van der Waals surface area contributed by atoms with E-state index in [9.17, 15) is 23.1 Å². The molecule has 1 aromatic rings. The van der Waals surface area contributed by atoms with Gasteiger partial charge in [0.15, 0.2) is 0 Å². The quantitative estimate of drug-likeness (QED) is 0.928. The Bertz CT molecular complexity index is 481. The first-order chi connectivity index (χ1) is 9.87. The molecule has 0 saturated carbocycles. The molecule has 1 atom stereocenters. The molecule has 4 nitrogen and oxygen atoms in total. The zero-order valence-corrected chi connectivity index (χ0v) is 11.3. The molecule has 7 heteroatoms. The van der Waals surface area contributed by atoms with E-state index in [1.54, 1.807) is 0 Å². The average molecular weight is 303 g/mol. The zero-order valence-electron chi connectivity index (χ0n) is 11.3. The molecular weight excluding hydrogens is 287 g/mol. The van der Waals surface area contributed by atoms with Crippen molar-refractivity contribution in [3.05, 3.63) is 29.8 Å². The van der Waals surface area contributed by atoms with Gasteiger partial charge in [0.2, 0.25) is 0 Å². The van der Waals surface area contributed by atoms with Crippen molar-refractivity contribution in [1.29, 1.82) is 0 Å². The van der Waals surface area contributed by atoms with Gasteiger partial charge in [0.05, 0.1) is 0 Å². The van der Waals surface area contributed by atoms with E-state index in [0.717, 1.165) is 31.4 Å². The van der Waals surface area contributed by atoms with E-state index in [2.05, 4.69) is 4.74 Å². The number of benzene rings is 1. The number of ether oxygens (including phenoxy) is 1. The summed E-state index contributed by atoms with van der Waals surface area (Å²) in [4.78, 5) is 13.3. The van der Waals surface area contributed by atoms with Gasteiger partial charge in [-0.3, -0.25) is 9.69 Å². The van der Waals surface area contributed by atoms with E-state index in [4.69, 9.17) is 0 Å². The van der Waals surface area contributed by atoms with Crippen LogP contribution in [0.25, 0.3) is 0 Å². The molecular formula is C14H16F3NO3. The Hall–Kier alpha value is -1.76. The highest BCUT2D eigenvalue weighted by molar-refractivity contribution is 5.75. The fourth-order valence-corrected chi connectivity index (χ4v) is 2.54. The molecule has 1 heterocycles. The number of hydrogen-bond donors (Lipinski definition) is 1. The van der Waals surface area contributed by atoms with Gasteiger partial charge in [-0.05, 0) is 43.6 Å². The number of nitrogens with zero attached hydrogens (tertiary/aromatic N) is 1. The van der Waals surface area contributed by atoms with Crippen molar-refractivity contribution in [3.8, 4) is 5.75 Å². The Balaban J connectivity index is 2.15. The molecule has 116 valence electrons. The third-order valence-corrected chi connectivity index (χ3v) is 3.42. The number of halogens is 3. The van der Waals surface area contributed by atoms with E-state index in [1.807, 2.05) is 4.90 Å². The second kappa shape index (κ2) is 6.34. The molecule has 0 aromatic heterocycles. The molecule has 0 spiro atoms. The minimum absolute atomic E-state index is 0.353. The standard InChI is InChI=1S/C14H16F3NO3/c15-14(16,17)21-11-6-4-10(5-7-11)12(13(19)20)18-8-2-1-3-9-18/h4-7,12H,1-3,8-9H2,(H,19,20). The highest BCUT2D eigenvalue weighted by atomic mass is 19.4. The number of carbonyl (C=O) groups is 1. The van der Waals surface area contributed by atoms with Crippen molar-refractivity contribution in [2.45, 2.75) is 31.7 Å². The lowest BCUT2D eigenvalue weighted by atomic mass is 10.0. The number of carboxylic acid groups (broad SMARTS) is 1. The van der Waals surface area contributed by atoms with E-state index in [0.29, 0.717) is 18.7 Å². The van der Waals surface area contributed by atoms with Crippen molar-refractivity contribution in [2.75, 3.05) is 13.1 Å². The predicted octanol–water partition coefficient (Wildman–Crippen LogP) is 3.20. The average Bonchev–Trinajstić information content (AvgIpc) is 2.40. The van der Waals surface area contributed by atoms with Gasteiger partial charge in [0, 0.05) is 0 Å². The van der Waals surface area contributed by atoms with E-state index in [-0.39, 0.29) is 5.75 Å². The highest BCUT2D eigenvalue weighted by Gasteiger charge is 2.32. The maximum atomic E-state index is 12.1. The van der Waals surface area contributed by atoms with Crippen molar-refractivity contribution < 1.29 is 27.8 Å². The maximum Gasteiger partial charge on any atom is 0.573 e. The normalized spacial score (nSPS) is 18.2. The van der Waals surface area contributed by atoms with Crippen LogP contribution in [0, 0.1) is 0 Å². The Morgan fingerprint density at radius 2 is 1.71 bits per heavy atom. The first-order valence-electron chi connectivity index (χ1n) is 6.69. The number of carboxylic acids is 1. The first kappa shape index (κ1) is 15.6. The molecule has 21 heavy (non-hydrogen) atoms. The van der Waals surface area contributed by atoms with Crippen LogP contribution in [-0.4, -0.2) is 35.4 Å². The Morgan fingerprint density at radius 1 is 1.14 bits per heavy atom. The van der Waals surface area contributed by atoms with Crippen LogP contribution in [0.1, 0.15) is 30.9 Å². The van der Waals surface area contributed by atoms with E-state index in [1.165, 1.54) is 12.1 Å². The highest BCUT2D eigenvalue weighted by Crippen LogP contribution is 2.28. The number of likely N-dealkylation sites (tertiary alicyclic amines) is 1. The van der Waals surface area contributed by atoms with Gasteiger partial charge in [-0.2, -0.15) is 0 Å². The number of aliphatic carboxylic acids is 1. The SMILES string of the molecule is O=C(O)C(c1ccc(OC(F)(F)F)cc1)N1CCCCC1. The number of rotatable bonds is 4. The fraction of sp³-hybridized carbons (Fsp3) is 0.500. The maximum absolute atomic E-state index is 12.1. The smallest absolute Gasteiger partial charge is 0.480 e. The summed E-state index contributed by atoms with van der Waals surface area (Å²) in [5.41, 5.74) is 0.457. The molecule has 1 fully saturated rings. The summed E-state index contributed by atoms with van der Waals surface area (Å²) in [7, 11) is 0. The largest absolute Gasteiger partial charge is 0.573 e. The molecule has 1 aliphatic heterocycles. The lowest BCUT2D eigenvalue weighted by Crippen LogP contribution is -2.37. The molecule has 0 amide bonds. The minimum Gasteiger partial charge on any atom is -0.480 e. The monoisotopic (exact) mass is 303 g/mol. The van der Waals surface area contributed by atoms with Crippen LogP contribution < -0.4 is 4.74 Å². The van der Waals surface area contributed by atoms with Gasteiger partial charge in [0.25, 0.3) is 0 Å².